The van der Waals surface area contributed by atoms with Crippen LogP contribution in [0.2, 0.25) is 0 Å². The van der Waals surface area contributed by atoms with Gasteiger partial charge in [-0.15, -0.1) is 11.3 Å². The first-order valence-electron chi connectivity index (χ1n) is 4.86. The highest BCUT2D eigenvalue weighted by atomic mass is 79.9. The van der Waals surface area contributed by atoms with E-state index in [2.05, 4.69) is 25.6 Å². The fourth-order valence-electron chi connectivity index (χ4n) is 1.24. The third-order valence-electron chi connectivity index (χ3n) is 2.06. The van der Waals surface area contributed by atoms with Crippen LogP contribution in [0.15, 0.2) is 39.3 Å². The number of thiophene rings is 1. The van der Waals surface area contributed by atoms with E-state index in [1.165, 1.54) is 18.3 Å². The quantitative estimate of drug-likeness (QED) is 0.814. The summed E-state index contributed by atoms with van der Waals surface area (Å²) in [7, 11) is -3.81. The molecule has 2 heterocycles. The van der Waals surface area contributed by atoms with Crippen molar-refractivity contribution < 1.29 is 18.3 Å². The topological polar surface area (TPSA) is 96.4 Å². The van der Waals surface area contributed by atoms with Crippen molar-refractivity contribution in [2.24, 2.45) is 0 Å². The normalized spacial score (nSPS) is 11.2. The van der Waals surface area contributed by atoms with Crippen LogP contribution in [0.4, 0.5) is 5.69 Å². The van der Waals surface area contributed by atoms with E-state index in [4.69, 9.17) is 5.11 Å². The van der Waals surface area contributed by atoms with Gasteiger partial charge in [0.1, 0.15) is 13.7 Å². The first kappa shape index (κ1) is 14.0. The molecule has 2 N–H and O–H groups in total. The van der Waals surface area contributed by atoms with Crippen molar-refractivity contribution >= 4 is 48.9 Å². The Balaban J connectivity index is 2.32. The highest BCUT2D eigenvalue weighted by Crippen LogP contribution is 2.26. The summed E-state index contributed by atoms with van der Waals surface area (Å²) in [5.74, 6) is -1.16. The van der Waals surface area contributed by atoms with Crippen LogP contribution in [0.5, 0.6) is 0 Å². The summed E-state index contributed by atoms with van der Waals surface area (Å²) in [6.45, 7) is 0. The maximum absolute atomic E-state index is 12.0. The summed E-state index contributed by atoms with van der Waals surface area (Å²) in [5.41, 5.74) is 0.285. The molecule has 0 spiro atoms. The van der Waals surface area contributed by atoms with E-state index in [0.29, 0.717) is 15.9 Å². The van der Waals surface area contributed by atoms with Crippen LogP contribution in [-0.2, 0) is 10.0 Å². The van der Waals surface area contributed by atoms with Gasteiger partial charge in [0, 0.05) is 6.20 Å². The van der Waals surface area contributed by atoms with Gasteiger partial charge in [-0.3, -0.25) is 4.72 Å². The lowest BCUT2D eigenvalue weighted by Gasteiger charge is -2.06. The second-order valence-corrected chi connectivity index (χ2v) is 7.12. The zero-order valence-electron chi connectivity index (χ0n) is 9.20. The van der Waals surface area contributed by atoms with E-state index in [1.54, 1.807) is 12.1 Å². The smallest absolute Gasteiger partial charge is 0.345 e. The van der Waals surface area contributed by atoms with E-state index in [9.17, 15) is 13.2 Å². The predicted molar refractivity (Wildman–Crippen MR) is 74.0 cm³/mol. The van der Waals surface area contributed by atoms with Crippen molar-refractivity contribution in [2.75, 3.05) is 4.72 Å². The minimum atomic E-state index is -3.81. The first-order chi connectivity index (χ1) is 8.90. The number of sulfonamides is 1. The van der Waals surface area contributed by atoms with E-state index in [0.717, 1.165) is 0 Å². The summed E-state index contributed by atoms with van der Waals surface area (Å²) in [6.07, 6.45) is 1.51. The zero-order valence-corrected chi connectivity index (χ0v) is 12.4. The maximum Gasteiger partial charge on any atom is 0.345 e. The number of hydrogen-bond donors (Lipinski definition) is 2. The number of aromatic carboxylic acids is 1. The molecule has 6 nitrogen and oxygen atoms in total. The van der Waals surface area contributed by atoms with E-state index >= 15 is 0 Å². The molecule has 0 saturated heterocycles. The molecule has 19 heavy (non-hydrogen) atoms. The Hall–Kier alpha value is -1.45. The Labute approximate surface area is 121 Å². The van der Waals surface area contributed by atoms with Gasteiger partial charge in [-0.1, -0.05) is 0 Å². The molecule has 0 unspecified atom stereocenters. The largest absolute Gasteiger partial charge is 0.477 e. The Morgan fingerprint density at radius 3 is 2.68 bits per heavy atom. The number of carboxylic acid groups (broad SMARTS) is 1. The Morgan fingerprint density at radius 1 is 1.37 bits per heavy atom. The van der Waals surface area contributed by atoms with Crippen molar-refractivity contribution in [3.05, 3.63) is 39.9 Å². The summed E-state index contributed by atoms with van der Waals surface area (Å²) in [6, 6.07) is 5.63. The van der Waals surface area contributed by atoms with Gasteiger partial charge in [-0.25, -0.2) is 18.2 Å². The summed E-state index contributed by atoms with van der Waals surface area (Å²) < 4.78 is 26.7. The third-order valence-corrected chi connectivity index (χ3v) is 5.62. The molecule has 0 saturated carbocycles. The summed E-state index contributed by atoms with van der Waals surface area (Å²) in [4.78, 5) is 14.6. The Morgan fingerprint density at radius 2 is 2.11 bits per heavy atom. The molecule has 0 atom stereocenters. The molecule has 0 amide bonds. The lowest BCUT2D eigenvalue weighted by molar-refractivity contribution is 0.0702. The number of hydrogen-bond acceptors (Lipinski definition) is 5. The Bertz CT molecular complexity index is 727. The van der Waals surface area contributed by atoms with Gasteiger partial charge in [-0.05, 0) is 40.2 Å². The molecule has 2 aromatic heterocycles. The molecular weight excluding hydrogens is 356 g/mol. The van der Waals surface area contributed by atoms with Crippen molar-refractivity contribution in [3.63, 3.8) is 0 Å². The number of anilines is 1. The van der Waals surface area contributed by atoms with E-state index in [1.807, 2.05) is 0 Å². The minimum absolute atomic E-state index is 0.0365. The maximum atomic E-state index is 12.0. The standard InChI is InChI=1S/C10H7BrN2O4S2/c11-9-6(2-1-5-12-9)13-19(16,17)8-4-3-7(18-8)10(14)15/h1-5,13H,(H,14,15). The SMILES string of the molecule is O=C(O)c1ccc(S(=O)(=O)Nc2cccnc2Br)s1. The van der Waals surface area contributed by atoms with Gasteiger partial charge in [0.15, 0.2) is 0 Å². The number of carbonyl (C=O) groups is 1. The number of halogens is 1. The summed E-state index contributed by atoms with van der Waals surface area (Å²) >= 11 is 3.81. The second kappa shape index (κ2) is 5.27. The number of nitrogens with one attached hydrogen (secondary N) is 1. The van der Waals surface area contributed by atoms with Gasteiger partial charge < -0.3 is 5.11 Å². The van der Waals surface area contributed by atoms with Gasteiger partial charge in [0.2, 0.25) is 0 Å². The van der Waals surface area contributed by atoms with E-state index in [-0.39, 0.29) is 14.8 Å². The number of rotatable bonds is 4. The van der Waals surface area contributed by atoms with Crippen LogP contribution in [0.3, 0.4) is 0 Å². The van der Waals surface area contributed by atoms with Crippen LogP contribution in [0.1, 0.15) is 9.67 Å². The molecule has 0 fully saturated rings. The van der Waals surface area contributed by atoms with Crippen molar-refractivity contribution in [1.29, 1.82) is 0 Å². The molecule has 2 rings (SSSR count). The van der Waals surface area contributed by atoms with E-state index < -0.39 is 16.0 Å². The molecule has 100 valence electrons. The van der Waals surface area contributed by atoms with Crippen LogP contribution < -0.4 is 4.72 Å². The monoisotopic (exact) mass is 362 g/mol. The van der Waals surface area contributed by atoms with Crippen LogP contribution >= 0.6 is 27.3 Å². The van der Waals surface area contributed by atoms with Gasteiger partial charge in [0.05, 0.1) is 5.69 Å². The number of pyridine rings is 1. The van der Waals surface area contributed by atoms with Crippen LogP contribution in [-0.4, -0.2) is 24.5 Å². The van der Waals surface area contributed by atoms with Crippen LogP contribution in [0, 0.1) is 0 Å². The molecule has 2 aromatic rings. The molecule has 0 radical (unpaired) electrons. The molecule has 0 aliphatic carbocycles. The fourth-order valence-corrected chi connectivity index (χ4v) is 3.93. The van der Waals surface area contributed by atoms with Crippen molar-refractivity contribution in [3.8, 4) is 0 Å². The molecule has 0 bridgehead atoms. The molecule has 0 aliphatic heterocycles. The van der Waals surface area contributed by atoms with Crippen molar-refractivity contribution in [2.45, 2.75) is 4.21 Å². The summed E-state index contributed by atoms with van der Waals surface area (Å²) in [5, 5.41) is 8.78. The van der Waals surface area contributed by atoms with Crippen LogP contribution in [0.25, 0.3) is 0 Å². The number of aromatic nitrogens is 1. The number of carboxylic acids is 1. The minimum Gasteiger partial charge on any atom is -0.477 e. The lowest BCUT2D eigenvalue weighted by Crippen LogP contribution is -2.12. The molecule has 9 heteroatoms. The van der Waals surface area contributed by atoms with Gasteiger partial charge in [0.25, 0.3) is 10.0 Å². The average molecular weight is 363 g/mol. The lowest BCUT2D eigenvalue weighted by atomic mass is 10.4. The van der Waals surface area contributed by atoms with Gasteiger partial charge in [-0.2, -0.15) is 0 Å². The Kier molecular flexibility index (Phi) is 3.88. The fraction of sp³-hybridized carbons (Fsp3) is 0. The molecular formula is C10H7BrN2O4S2. The zero-order chi connectivity index (χ0) is 14.0. The number of nitrogens with zero attached hydrogens (tertiary/aromatic N) is 1. The first-order valence-corrected chi connectivity index (χ1v) is 7.96. The second-order valence-electron chi connectivity index (χ2n) is 3.37. The highest BCUT2D eigenvalue weighted by molar-refractivity contribution is 9.10. The average Bonchev–Trinajstić information content (AvgIpc) is 2.82. The molecule has 0 aliphatic rings. The highest BCUT2D eigenvalue weighted by Gasteiger charge is 2.20. The van der Waals surface area contributed by atoms with Gasteiger partial charge >= 0.3 is 5.97 Å². The predicted octanol–water partition coefficient (Wildman–Crippen LogP) is 2.40. The van der Waals surface area contributed by atoms with Crippen molar-refractivity contribution in [1.82, 2.24) is 4.98 Å². The third kappa shape index (κ3) is 3.11. The molecule has 0 aromatic carbocycles.